The summed E-state index contributed by atoms with van der Waals surface area (Å²) in [6, 6.07) is 9.80. The van der Waals surface area contributed by atoms with Crippen LogP contribution in [0.3, 0.4) is 0 Å². The monoisotopic (exact) mass is 319 g/mol. The third-order valence-electron chi connectivity index (χ3n) is 3.84. The number of pyridine rings is 2. The Morgan fingerprint density at radius 2 is 2.08 bits per heavy atom. The van der Waals surface area contributed by atoms with E-state index in [-0.39, 0.29) is 0 Å². The van der Waals surface area contributed by atoms with Crippen molar-refractivity contribution >= 4 is 16.9 Å². The van der Waals surface area contributed by atoms with E-state index in [9.17, 15) is 0 Å². The van der Waals surface area contributed by atoms with Gasteiger partial charge in [0.2, 0.25) is 0 Å². The highest BCUT2D eigenvalue weighted by atomic mass is 16.3. The van der Waals surface area contributed by atoms with Crippen LogP contribution in [-0.4, -0.2) is 19.9 Å². The molecule has 0 unspecified atom stereocenters. The molecule has 0 saturated heterocycles. The lowest BCUT2D eigenvalue weighted by Crippen LogP contribution is -2.00. The molecule has 0 amide bonds. The zero-order valence-corrected chi connectivity index (χ0v) is 13.1. The van der Waals surface area contributed by atoms with Crippen molar-refractivity contribution in [3.8, 4) is 0 Å². The van der Waals surface area contributed by atoms with Gasteiger partial charge in [0.25, 0.3) is 0 Å². The predicted octanol–water partition coefficient (Wildman–Crippen LogP) is 3.34. The van der Waals surface area contributed by atoms with Crippen LogP contribution < -0.4 is 5.32 Å². The van der Waals surface area contributed by atoms with Gasteiger partial charge in [0.1, 0.15) is 17.1 Å². The number of furan rings is 1. The normalized spacial score (nSPS) is 11.0. The summed E-state index contributed by atoms with van der Waals surface area (Å²) in [6.07, 6.45) is 8.68. The van der Waals surface area contributed by atoms with Crippen molar-refractivity contribution in [2.45, 2.75) is 19.4 Å². The summed E-state index contributed by atoms with van der Waals surface area (Å²) in [4.78, 5) is 16.4. The Morgan fingerprint density at radius 1 is 1.08 bits per heavy atom. The van der Waals surface area contributed by atoms with Gasteiger partial charge in [-0.25, -0.2) is 9.97 Å². The van der Waals surface area contributed by atoms with Gasteiger partial charge in [0.05, 0.1) is 12.0 Å². The van der Waals surface area contributed by atoms with E-state index in [0.717, 1.165) is 46.8 Å². The third kappa shape index (κ3) is 3.12. The Morgan fingerprint density at radius 3 is 2.92 bits per heavy atom. The number of fused-ring (bicyclic) bond motifs is 1. The van der Waals surface area contributed by atoms with Gasteiger partial charge in [-0.05, 0) is 29.8 Å². The molecule has 4 heterocycles. The fraction of sp³-hybridized carbons (Fsp3) is 0.167. The summed E-state index contributed by atoms with van der Waals surface area (Å²) in [6.45, 7) is 0.702. The summed E-state index contributed by atoms with van der Waals surface area (Å²) >= 11 is 0. The minimum absolute atomic E-state index is 0.702. The third-order valence-corrected chi connectivity index (χ3v) is 3.84. The van der Waals surface area contributed by atoms with Crippen molar-refractivity contribution < 1.29 is 4.42 Å². The van der Waals surface area contributed by atoms with E-state index in [4.69, 9.17) is 4.42 Å². The van der Waals surface area contributed by atoms with Crippen molar-refractivity contribution in [1.29, 1.82) is 0 Å². The van der Waals surface area contributed by atoms with Gasteiger partial charge in [-0.2, -0.15) is 0 Å². The molecular formula is C18H17N5O. The first-order valence-corrected chi connectivity index (χ1v) is 7.87. The lowest BCUT2D eigenvalue weighted by Gasteiger charge is -2.06. The molecule has 0 bridgehead atoms. The Kier molecular flexibility index (Phi) is 3.93. The number of aromatic nitrogens is 4. The van der Waals surface area contributed by atoms with E-state index in [2.05, 4.69) is 25.3 Å². The molecule has 0 aliphatic carbocycles. The summed E-state index contributed by atoms with van der Waals surface area (Å²) in [5.41, 5.74) is 3.76. The Hall–Kier alpha value is -3.15. The molecule has 120 valence electrons. The van der Waals surface area contributed by atoms with E-state index in [0.29, 0.717) is 6.54 Å². The average molecular weight is 319 g/mol. The van der Waals surface area contributed by atoms with Gasteiger partial charge in [-0.1, -0.05) is 6.07 Å². The zero-order chi connectivity index (χ0) is 16.2. The topological polar surface area (TPSA) is 79.6 Å². The first kappa shape index (κ1) is 14.4. The molecule has 0 aliphatic rings. The molecule has 0 spiro atoms. The molecule has 0 aromatic carbocycles. The molecule has 4 rings (SSSR count). The van der Waals surface area contributed by atoms with E-state index in [1.54, 1.807) is 18.7 Å². The number of anilines is 1. The van der Waals surface area contributed by atoms with Crippen molar-refractivity contribution in [2.75, 3.05) is 5.32 Å². The quantitative estimate of drug-likeness (QED) is 0.570. The predicted molar refractivity (Wildman–Crippen MR) is 91.6 cm³/mol. The Bertz CT molecular complexity index is 915. The highest BCUT2D eigenvalue weighted by Gasteiger charge is 2.09. The van der Waals surface area contributed by atoms with Gasteiger partial charge in [-0.3, -0.25) is 4.98 Å². The van der Waals surface area contributed by atoms with Gasteiger partial charge < -0.3 is 14.7 Å². The van der Waals surface area contributed by atoms with Crippen molar-refractivity contribution in [3.63, 3.8) is 0 Å². The maximum absolute atomic E-state index is 5.37. The largest absolute Gasteiger partial charge is 0.469 e. The van der Waals surface area contributed by atoms with Crippen molar-refractivity contribution in [3.05, 3.63) is 72.3 Å². The van der Waals surface area contributed by atoms with Gasteiger partial charge in [0, 0.05) is 38.0 Å². The van der Waals surface area contributed by atoms with Crippen LogP contribution in [0.2, 0.25) is 0 Å². The van der Waals surface area contributed by atoms with Crippen LogP contribution >= 0.6 is 0 Å². The molecule has 0 saturated carbocycles. The second-order valence-electron chi connectivity index (χ2n) is 5.53. The molecule has 0 radical (unpaired) electrons. The van der Waals surface area contributed by atoms with Crippen LogP contribution in [0.25, 0.3) is 11.2 Å². The number of aryl methyl sites for hydroxylation is 2. The Balaban J connectivity index is 1.51. The maximum atomic E-state index is 5.37. The second kappa shape index (κ2) is 6.54. The molecule has 4 aromatic heterocycles. The zero-order valence-electron chi connectivity index (χ0n) is 13.1. The van der Waals surface area contributed by atoms with Crippen LogP contribution in [0.1, 0.15) is 17.1 Å². The van der Waals surface area contributed by atoms with E-state index < -0.39 is 0 Å². The number of hydrogen-bond acceptors (Lipinski definition) is 5. The minimum Gasteiger partial charge on any atom is -0.469 e. The number of aromatic amines is 1. The smallest absolute Gasteiger partial charge is 0.179 e. The number of rotatable bonds is 6. The molecule has 24 heavy (non-hydrogen) atoms. The summed E-state index contributed by atoms with van der Waals surface area (Å²) in [5, 5.41) is 3.42. The molecule has 0 fully saturated rings. The lowest BCUT2D eigenvalue weighted by atomic mass is 10.2. The molecule has 0 aliphatic heterocycles. The van der Waals surface area contributed by atoms with Gasteiger partial charge in [-0.15, -0.1) is 0 Å². The SMILES string of the molecule is c1cncc(CNc2ccnc3nc(CCc4ccco4)[nH]c23)c1. The molecule has 6 heteroatoms. The van der Waals surface area contributed by atoms with Crippen LogP contribution in [0.15, 0.2) is 59.6 Å². The number of hydrogen-bond donors (Lipinski definition) is 2. The number of imidazole rings is 1. The highest BCUT2D eigenvalue weighted by Crippen LogP contribution is 2.20. The molecule has 2 N–H and O–H groups in total. The van der Waals surface area contributed by atoms with Crippen LogP contribution in [-0.2, 0) is 19.4 Å². The first-order valence-electron chi connectivity index (χ1n) is 7.87. The fourth-order valence-electron chi connectivity index (χ4n) is 2.62. The number of nitrogens with one attached hydrogen (secondary N) is 2. The average Bonchev–Trinajstić information content (AvgIpc) is 3.28. The minimum atomic E-state index is 0.702. The summed E-state index contributed by atoms with van der Waals surface area (Å²) in [5.74, 6) is 1.86. The molecule has 6 nitrogen and oxygen atoms in total. The lowest BCUT2D eigenvalue weighted by molar-refractivity contribution is 0.507. The van der Waals surface area contributed by atoms with Crippen LogP contribution in [0.5, 0.6) is 0 Å². The van der Waals surface area contributed by atoms with Crippen LogP contribution in [0.4, 0.5) is 5.69 Å². The first-order chi connectivity index (χ1) is 11.9. The molecule has 4 aromatic rings. The summed E-state index contributed by atoms with van der Waals surface area (Å²) < 4.78 is 5.37. The van der Waals surface area contributed by atoms with Crippen LogP contribution in [0, 0.1) is 0 Å². The number of H-pyrrole nitrogens is 1. The maximum Gasteiger partial charge on any atom is 0.179 e. The summed E-state index contributed by atoms with van der Waals surface area (Å²) in [7, 11) is 0. The van der Waals surface area contributed by atoms with Gasteiger partial charge >= 0.3 is 0 Å². The van der Waals surface area contributed by atoms with Crippen molar-refractivity contribution in [2.24, 2.45) is 0 Å². The Labute approximate surface area is 139 Å². The standard InChI is InChI=1S/C18H17N5O/c1-3-13(11-19-8-1)12-21-15-7-9-20-18-17(15)22-16(23-18)6-5-14-4-2-10-24-14/h1-4,7-11H,5-6,12H2,(H2,20,21,22,23). The molecule has 0 atom stereocenters. The van der Waals surface area contributed by atoms with E-state index in [1.165, 1.54) is 0 Å². The van der Waals surface area contributed by atoms with E-state index >= 15 is 0 Å². The molecular weight excluding hydrogens is 302 g/mol. The number of nitrogens with zero attached hydrogens (tertiary/aromatic N) is 3. The van der Waals surface area contributed by atoms with E-state index in [1.807, 2.05) is 36.5 Å². The van der Waals surface area contributed by atoms with Gasteiger partial charge in [0.15, 0.2) is 5.65 Å². The fourth-order valence-corrected chi connectivity index (χ4v) is 2.62. The highest BCUT2D eigenvalue weighted by molar-refractivity contribution is 5.85. The second-order valence-corrected chi connectivity index (χ2v) is 5.53. The van der Waals surface area contributed by atoms with Crippen molar-refractivity contribution in [1.82, 2.24) is 19.9 Å².